The molecule has 1 aliphatic rings. The van der Waals surface area contributed by atoms with Crippen molar-refractivity contribution in [3.63, 3.8) is 0 Å². The van der Waals surface area contributed by atoms with E-state index in [1.54, 1.807) is 0 Å². The second kappa shape index (κ2) is 10.4. The maximum absolute atomic E-state index is 13.0. The minimum absolute atomic E-state index is 0.0480. The Balaban J connectivity index is 1.76. The number of nitrogens with zero attached hydrogens (tertiary/aromatic N) is 2. The Morgan fingerprint density at radius 1 is 1.17 bits per heavy atom. The van der Waals surface area contributed by atoms with Crippen LogP contribution in [0.15, 0.2) is 59.6 Å². The van der Waals surface area contributed by atoms with Crippen molar-refractivity contribution in [3.8, 4) is 0 Å². The van der Waals surface area contributed by atoms with E-state index in [-0.39, 0.29) is 24.8 Å². The molecule has 7 nitrogen and oxygen atoms in total. The van der Waals surface area contributed by atoms with E-state index in [0.717, 1.165) is 11.3 Å². The summed E-state index contributed by atoms with van der Waals surface area (Å²) in [4.78, 5) is 31.7. The number of aryl methyl sites for hydroxylation is 1. The largest absolute Gasteiger partial charge is 0.354 e. The number of aliphatic imine (C=N–C) groups is 1. The van der Waals surface area contributed by atoms with Crippen LogP contribution in [0, 0.1) is 6.92 Å². The van der Waals surface area contributed by atoms with E-state index in [9.17, 15) is 9.59 Å². The van der Waals surface area contributed by atoms with Gasteiger partial charge in [-0.3, -0.25) is 14.5 Å². The molecular formula is C22H25N3O4S. The molecule has 158 valence electrons. The first-order chi connectivity index (χ1) is 14.5. The van der Waals surface area contributed by atoms with Gasteiger partial charge in [-0.25, -0.2) is 4.99 Å². The second-order valence-corrected chi connectivity index (χ2v) is 7.98. The van der Waals surface area contributed by atoms with Crippen molar-refractivity contribution < 1.29 is 19.1 Å². The molecule has 2 aromatic rings. The number of amides is 2. The highest BCUT2D eigenvalue weighted by Gasteiger charge is 2.40. The van der Waals surface area contributed by atoms with E-state index in [1.807, 2.05) is 61.5 Å². The van der Waals surface area contributed by atoms with Gasteiger partial charge in [-0.1, -0.05) is 42.1 Å². The molecule has 0 bridgehead atoms. The Bertz CT molecular complexity index is 916. The summed E-state index contributed by atoms with van der Waals surface area (Å²) in [6.07, 6.45) is -0.540. The van der Waals surface area contributed by atoms with Crippen LogP contribution in [-0.4, -0.2) is 54.2 Å². The smallest absolute Gasteiger partial charge is 0.242 e. The molecule has 0 unspecified atom stereocenters. The maximum Gasteiger partial charge on any atom is 0.242 e. The van der Waals surface area contributed by atoms with Crippen molar-refractivity contribution in [2.24, 2.45) is 4.99 Å². The average Bonchev–Trinajstić information content (AvgIpc) is 3.01. The summed E-state index contributed by atoms with van der Waals surface area (Å²) in [5.41, 5.74) is 2.49. The van der Waals surface area contributed by atoms with Crippen molar-refractivity contribution in [1.29, 1.82) is 0 Å². The summed E-state index contributed by atoms with van der Waals surface area (Å²) in [6, 6.07) is 16.9. The molecule has 1 N–H and O–H groups in total. The molecule has 1 aliphatic heterocycles. The van der Waals surface area contributed by atoms with Gasteiger partial charge in [-0.2, -0.15) is 0 Å². The zero-order valence-corrected chi connectivity index (χ0v) is 18.0. The van der Waals surface area contributed by atoms with Crippen LogP contribution in [0.3, 0.4) is 0 Å². The molecule has 1 atom stereocenters. The lowest BCUT2D eigenvalue weighted by atomic mass is 10.2. The molecule has 8 heteroatoms. The SMILES string of the molecule is COC(CN1C(=O)[C@H](CC(=O)Nc2cccc(C)c2)SC1=Nc1ccccc1)OC. The number of benzene rings is 2. The number of thioether (sulfide) groups is 1. The predicted octanol–water partition coefficient (Wildman–Crippen LogP) is 3.57. The molecule has 2 amide bonds. The van der Waals surface area contributed by atoms with Gasteiger partial charge in [0.15, 0.2) is 11.5 Å². The van der Waals surface area contributed by atoms with Crippen LogP contribution in [0.5, 0.6) is 0 Å². The normalized spacial score (nSPS) is 17.7. The molecule has 0 aliphatic carbocycles. The van der Waals surface area contributed by atoms with Crippen LogP contribution in [0.1, 0.15) is 12.0 Å². The summed E-state index contributed by atoms with van der Waals surface area (Å²) in [7, 11) is 3.03. The van der Waals surface area contributed by atoms with Crippen molar-refractivity contribution in [2.45, 2.75) is 24.9 Å². The minimum Gasteiger partial charge on any atom is -0.354 e. The molecule has 1 saturated heterocycles. The van der Waals surface area contributed by atoms with Gasteiger partial charge >= 0.3 is 0 Å². The first-order valence-electron chi connectivity index (χ1n) is 9.54. The lowest BCUT2D eigenvalue weighted by molar-refractivity contribution is -0.138. The quantitative estimate of drug-likeness (QED) is 0.652. The number of hydrogen-bond donors (Lipinski definition) is 1. The predicted molar refractivity (Wildman–Crippen MR) is 119 cm³/mol. The fraction of sp³-hybridized carbons (Fsp3) is 0.318. The van der Waals surface area contributed by atoms with Gasteiger partial charge in [0.25, 0.3) is 0 Å². The number of nitrogens with one attached hydrogen (secondary N) is 1. The van der Waals surface area contributed by atoms with E-state index in [4.69, 9.17) is 9.47 Å². The number of carbonyl (C=O) groups is 2. The molecule has 0 spiro atoms. The number of para-hydroxylation sites is 1. The van der Waals surface area contributed by atoms with Gasteiger partial charge in [0.05, 0.1) is 12.2 Å². The number of amidine groups is 1. The summed E-state index contributed by atoms with van der Waals surface area (Å²) < 4.78 is 10.5. The summed E-state index contributed by atoms with van der Waals surface area (Å²) >= 11 is 1.28. The Morgan fingerprint density at radius 3 is 2.57 bits per heavy atom. The first-order valence-corrected chi connectivity index (χ1v) is 10.4. The average molecular weight is 428 g/mol. The van der Waals surface area contributed by atoms with Gasteiger partial charge in [0.2, 0.25) is 11.8 Å². The first kappa shape index (κ1) is 22.0. The zero-order valence-electron chi connectivity index (χ0n) is 17.2. The van der Waals surface area contributed by atoms with E-state index >= 15 is 0 Å². The van der Waals surface area contributed by atoms with E-state index < -0.39 is 11.5 Å². The molecule has 0 saturated carbocycles. The van der Waals surface area contributed by atoms with E-state index in [2.05, 4.69) is 10.3 Å². The third-order valence-corrected chi connectivity index (χ3v) is 5.71. The lowest BCUT2D eigenvalue weighted by Gasteiger charge is -2.21. The van der Waals surface area contributed by atoms with Crippen LogP contribution in [0.25, 0.3) is 0 Å². The van der Waals surface area contributed by atoms with E-state index in [0.29, 0.717) is 10.9 Å². The number of hydrogen-bond acceptors (Lipinski definition) is 6. The maximum atomic E-state index is 13.0. The molecule has 30 heavy (non-hydrogen) atoms. The molecule has 0 aromatic heterocycles. The molecular weight excluding hydrogens is 402 g/mol. The van der Waals surface area contributed by atoms with Crippen molar-refractivity contribution in [1.82, 2.24) is 4.90 Å². The minimum atomic E-state index is -0.588. The molecule has 0 radical (unpaired) electrons. The Kier molecular flexibility index (Phi) is 7.62. The molecule has 1 fully saturated rings. The fourth-order valence-corrected chi connectivity index (χ4v) is 4.17. The van der Waals surface area contributed by atoms with Gasteiger partial charge in [0, 0.05) is 26.3 Å². The van der Waals surface area contributed by atoms with Gasteiger partial charge in [-0.15, -0.1) is 0 Å². The molecule has 1 heterocycles. The Morgan fingerprint density at radius 2 is 1.90 bits per heavy atom. The highest BCUT2D eigenvalue weighted by molar-refractivity contribution is 8.15. The molecule has 2 aromatic carbocycles. The Labute approximate surface area is 180 Å². The number of anilines is 1. The second-order valence-electron chi connectivity index (χ2n) is 6.81. The summed E-state index contributed by atoms with van der Waals surface area (Å²) in [5.74, 6) is -0.407. The third-order valence-electron chi connectivity index (χ3n) is 4.53. The highest BCUT2D eigenvalue weighted by atomic mass is 32.2. The van der Waals surface area contributed by atoms with Gasteiger partial charge in [0.1, 0.15) is 5.25 Å². The number of rotatable bonds is 8. The topological polar surface area (TPSA) is 80.2 Å². The van der Waals surface area contributed by atoms with Crippen LogP contribution in [0.2, 0.25) is 0 Å². The number of methoxy groups -OCH3 is 2. The number of ether oxygens (including phenoxy) is 2. The van der Waals surface area contributed by atoms with Crippen LogP contribution in [0.4, 0.5) is 11.4 Å². The standard InChI is InChI=1S/C22H25N3O4S/c1-15-8-7-11-17(12-15)23-19(26)13-18-21(27)25(14-20(28-2)29-3)22(30-18)24-16-9-5-4-6-10-16/h4-12,18,20H,13-14H2,1-3H3,(H,23,26)/t18-/m0/s1. The summed E-state index contributed by atoms with van der Waals surface area (Å²) in [6.45, 7) is 2.15. The van der Waals surface area contributed by atoms with E-state index in [1.165, 1.54) is 30.9 Å². The molecule has 3 rings (SSSR count). The van der Waals surface area contributed by atoms with Crippen molar-refractivity contribution in [3.05, 3.63) is 60.2 Å². The van der Waals surface area contributed by atoms with Crippen molar-refractivity contribution in [2.75, 3.05) is 26.1 Å². The monoisotopic (exact) mass is 427 g/mol. The Hall–Kier alpha value is -2.68. The highest BCUT2D eigenvalue weighted by Crippen LogP contribution is 2.32. The van der Waals surface area contributed by atoms with Gasteiger partial charge in [-0.05, 0) is 36.8 Å². The van der Waals surface area contributed by atoms with Crippen LogP contribution >= 0.6 is 11.8 Å². The number of carbonyl (C=O) groups excluding carboxylic acids is 2. The zero-order chi connectivity index (χ0) is 21.5. The third kappa shape index (κ3) is 5.69. The van der Waals surface area contributed by atoms with Crippen LogP contribution < -0.4 is 5.32 Å². The lowest BCUT2D eigenvalue weighted by Crippen LogP contribution is -2.40. The summed E-state index contributed by atoms with van der Waals surface area (Å²) in [5, 5.41) is 2.82. The van der Waals surface area contributed by atoms with Crippen molar-refractivity contribution >= 4 is 40.1 Å². The van der Waals surface area contributed by atoms with Gasteiger partial charge < -0.3 is 14.8 Å². The fourth-order valence-electron chi connectivity index (χ4n) is 3.00. The van der Waals surface area contributed by atoms with Crippen LogP contribution in [-0.2, 0) is 19.1 Å².